The van der Waals surface area contributed by atoms with Crippen LogP contribution in [-0.4, -0.2) is 4.98 Å². The molecule has 35 heavy (non-hydrogen) atoms. The normalized spacial score (nSPS) is 14.0. The summed E-state index contributed by atoms with van der Waals surface area (Å²) >= 11 is 0. The van der Waals surface area contributed by atoms with Crippen molar-refractivity contribution >= 4 is 55.4 Å². The lowest BCUT2D eigenvalue weighted by molar-refractivity contribution is -0.553. The molecule has 1 N–H and O–H groups in total. The molecule has 0 saturated carbocycles. The molecule has 166 valence electrons. The summed E-state index contributed by atoms with van der Waals surface area (Å²) in [6, 6.07) is 23.6. The van der Waals surface area contributed by atoms with E-state index in [9.17, 15) is 0 Å². The van der Waals surface area contributed by atoms with Gasteiger partial charge in [-0.15, -0.1) is 0 Å². The molecule has 0 spiro atoms. The van der Waals surface area contributed by atoms with Crippen LogP contribution in [0.5, 0.6) is 0 Å². The second-order valence-corrected chi connectivity index (χ2v) is 8.95. The number of halogens is 1. The van der Waals surface area contributed by atoms with Crippen LogP contribution in [0, 0.1) is 0 Å². The van der Waals surface area contributed by atoms with Gasteiger partial charge in [0, 0.05) is 28.3 Å². The van der Waals surface area contributed by atoms with E-state index in [1.165, 1.54) is 49.3 Å². The number of aromatic nitrogens is 3. The van der Waals surface area contributed by atoms with Gasteiger partial charge in [-0.25, -0.2) is 4.98 Å². The van der Waals surface area contributed by atoms with Gasteiger partial charge in [-0.05, 0) is 35.4 Å². The molecule has 3 aromatic heterocycles. The molecule has 0 saturated heterocycles. The summed E-state index contributed by atoms with van der Waals surface area (Å²) < 4.78 is 8.63. The largest absolute Gasteiger partial charge is 1.00 e. The molecule has 0 unspecified atom stereocenters. The number of benzene rings is 4. The Balaban J connectivity index is 0.00000210. The van der Waals surface area contributed by atoms with Crippen LogP contribution in [0.2, 0.25) is 0 Å². The van der Waals surface area contributed by atoms with Crippen molar-refractivity contribution in [2.24, 2.45) is 0 Å². The lowest BCUT2D eigenvalue weighted by Gasteiger charge is -2.16. The third kappa shape index (κ3) is 2.82. The maximum absolute atomic E-state index is 6.26. The van der Waals surface area contributed by atoms with Gasteiger partial charge >= 0.3 is 0 Å². The summed E-state index contributed by atoms with van der Waals surface area (Å²) in [4.78, 5) is 7.64. The maximum atomic E-state index is 6.26. The van der Waals surface area contributed by atoms with Gasteiger partial charge in [0.15, 0.2) is 18.1 Å². The fraction of sp³-hybridized carbons (Fsp3) is 0.0333. The van der Waals surface area contributed by atoms with Crippen molar-refractivity contribution < 1.29 is 37.9 Å². The Kier molecular flexibility index (Phi) is 4.45. The fourth-order valence-electron chi connectivity index (χ4n) is 5.74. The molecule has 8 rings (SSSR count). The first kappa shape index (κ1) is 20.5. The van der Waals surface area contributed by atoms with Crippen LogP contribution in [-0.2, 0) is 6.42 Å². The van der Waals surface area contributed by atoms with Gasteiger partial charge in [-0.2, -0.15) is 4.57 Å². The van der Waals surface area contributed by atoms with E-state index in [1.807, 2.05) is 12.4 Å². The quantitative estimate of drug-likeness (QED) is 0.184. The van der Waals surface area contributed by atoms with Gasteiger partial charge in [-0.1, -0.05) is 36.4 Å². The first-order chi connectivity index (χ1) is 16.9. The fourth-order valence-corrected chi connectivity index (χ4v) is 5.74. The van der Waals surface area contributed by atoms with E-state index in [-0.39, 0.29) is 24.0 Å². The van der Waals surface area contributed by atoms with Gasteiger partial charge in [0.1, 0.15) is 11.2 Å². The Labute approximate surface area is 217 Å². The second-order valence-electron chi connectivity index (χ2n) is 8.95. The minimum absolute atomic E-state index is 0. The van der Waals surface area contributed by atoms with E-state index in [1.54, 1.807) is 6.20 Å². The van der Waals surface area contributed by atoms with Crippen LogP contribution < -0.4 is 33.5 Å². The molecule has 4 nitrogen and oxygen atoms in total. The van der Waals surface area contributed by atoms with Crippen molar-refractivity contribution in [3.8, 4) is 11.3 Å². The maximum Gasteiger partial charge on any atom is 0.229 e. The first-order valence-corrected chi connectivity index (χ1v) is 11.5. The lowest BCUT2D eigenvalue weighted by atomic mass is 9.89. The van der Waals surface area contributed by atoms with Gasteiger partial charge < -0.3 is 28.4 Å². The zero-order valence-corrected chi connectivity index (χ0v) is 20.8. The number of rotatable bonds is 2. The first-order valence-electron chi connectivity index (χ1n) is 11.5. The van der Waals surface area contributed by atoms with Crippen molar-refractivity contribution in [2.45, 2.75) is 6.42 Å². The van der Waals surface area contributed by atoms with Crippen LogP contribution in [0.1, 0.15) is 11.1 Å². The summed E-state index contributed by atoms with van der Waals surface area (Å²) in [5, 5.41) is 6.31. The zero-order chi connectivity index (χ0) is 22.2. The van der Waals surface area contributed by atoms with Crippen molar-refractivity contribution in [3.05, 3.63) is 103 Å². The molecular weight excluding hydrogens is 545 g/mol. The highest BCUT2D eigenvalue weighted by Gasteiger charge is 2.30. The number of furan rings is 1. The molecule has 4 aromatic carbocycles. The third-order valence-electron chi connectivity index (χ3n) is 7.13. The summed E-state index contributed by atoms with van der Waals surface area (Å²) in [5.74, 6) is 0. The smallest absolute Gasteiger partial charge is 0.229 e. The summed E-state index contributed by atoms with van der Waals surface area (Å²) in [5.41, 5.74) is 9.08. The molecule has 1 aliphatic rings. The average Bonchev–Trinajstić information content (AvgIpc) is 3.28. The van der Waals surface area contributed by atoms with E-state index >= 15 is 0 Å². The van der Waals surface area contributed by atoms with Gasteiger partial charge in [0.25, 0.3) is 0 Å². The second kappa shape index (κ2) is 7.58. The Morgan fingerprint density at radius 2 is 1.74 bits per heavy atom. The minimum Gasteiger partial charge on any atom is -1.00 e. The molecule has 0 fully saturated rings. The number of pyridine rings is 1. The van der Waals surface area contributed by atoms with E-state index in [0.29, 0.717) is 0 Å². The summed E-state index contributed by atoms with van der Waals surface area (Å²) in [7, 11) is 0. The molecule has 0 atom stereocenters. The van der Waals surface area contributed by atoms with E-state index in [2.05, 4.69) is 93.5 Å². The predicted octanol–water partition coefficient (Wildman–Crippen LogP) is 3.05. The van der Waals surface area contributed by atoms with Crippen LogP contribution >= 0.6 is 0 Å². The average molecular weight is 564 g/mol. The Bertz CT molecular complexity index is 1940. The number of nitrogens with one attached hydrogen (secondary N) is 1. The topological polar surface area (TPSA) is 44.0 Å². The highest BCUT2D eigenvalue weighted by molar-refractivity contribution is 6.32. The number of fused-ring (bicyclic) bond motifs is 1. The predicted molar refractivity (Wildman–Crippen MR) is 134 cm³/mol. The van der Waals surface area contributed by atoms with E-state index < -0.39 is 0 Å². The number of H-pyrrole nitrogens is 1. The molecule has 7 aromatic rings. The number of nitrogens with zero attached hydrogens (tertiary/aromatic N) is 2. The third-order valence-corrected chi connectivity index (χ3v) is 7.13. The molecule has 0 bridgehead atoms. The van der Waals surface area contributed by atoms with Crippen LogP contribution in [0.25, 0.3) is 66.6 Å². The molecule has 0 aliphatic carbocycles. The Morgan fingerprint density at radius 1 is 0.857 bits per heavy atom. The van der Waals surface area contributed by atoms with Crippen LogP contribution in [0.4, 0.5) is 0 Å². The standard InChI is InChI=1S/C30H18N3O.HI/c1-2-6-21(24-17-31-12-13-32-24)18(5-1)15-20-16-19-10-11-26-29-27(19)30-23(8-4-14-33(20)30)22-7-3-9-25(34-26)28(22)29;/h1-15,17H,16H2;1H/q+1;/b20-15-;. The molecule has 0 radical (unpaired) electrons. The highest BCUT2D eigenvalue weighted by Crippen LogP contribution is 2.44. The molecule has 1 aliphatic heterocycles. The Hall–Kier alpha value is -3.84. The van der Waals surface area contributed by atoms with Gasteiger partial charge in [-0.3, -0.25) is 4.98 Å². The van der Waals surface area contributed by atoms with E-state index in [4.69, 9.17) is 4.42 Å². The monoisotopic (exact) mass is 564 g/mol. The summed E-state index contributed by atoms with van der Waals surface area (Å²) in [6.07, 6.45) is 10.9. The minimum atomic E-state index is 0. The zero-order valence-electron chi connectivity index (χ0n) is 18.6. The lowest BCUT2D eigenvalue weighted by Crippen LogP contribution is -3.00. The molecule has 5 heteroatoms. The molecular formula is C30H19IN3O+. The van der Waals surface area contributed by atoms with Crippen LogP contribution in [0.3, 0.4) is 0 Å². The van der Waals surface area contributed by atoms with Crippen molar-refractivity contribution in [3.63, 3.8) is 0 Å². The Morgan fingerprint density at radius 3 is 2.66 bits per heavy atom. The number of aromatic amines is 1. The molecule has 0 amide bonds. The SMILES string of the molecule is C(=C1\Cc2ccc3oc4cccc5c6ccc[n+]1c6c2c3c45)/c1ccccc1-c1cncc[nH+]1.[I-]. The number of hydrogen-bond donors (Lipinski definition) is 0. The molecule has 4 heterocycles. The van der Waals surface area contributed by atoms with Gasteiger partial charge in [0.05, 0.1) is 35.2 Å². The highest BCUT2D eigenvalue weighted by atomic mass is 127. The summed E-state index contributed by atoms with van der Waals surface area (Å²) in [6.45, 7) is 0. The van der Waals surface area contributed by atoms with Crippen molar-refractivity contribution in [1.82, 2.24) is 4.98 Å². The van der Waals surface area contributed by atoms with Gasteiger partial charge in [0.2, 0.25) is 11.2 Å². The van der Waals surface area contributed by atoms with Crippen molar-refractivity contribution in [2.75, 3.05) is 0 Å². The van der Waals surface area contributed by atoms with Crippen LogP contribution in [0.15, 0.2) is 95.9 Å². The number of hydrogen-bond acceptors (Lipinski definition) is 2. The van der Waals surface area contributed by atoms with E-state index in [0.717, 1.165) is 28.8 Å². The van der Waals surface area contributed by atoms with Crippen molar-refractivity contribution in [1.29, 1.82) is 0 Å². The number of allylic oxidation sites excluding steroid dienone is 1.